The molecule has 3 rings (SSSR count). The highest BCUT2D eigenvalue weighted by molar-refractivity contribution is 9.10. The Morgan fingerprint density at radius 3 is 2.76 bits per heavy atom. The Morgan fingerprint density at radius 2 is 2.05 bits per heavy atom. The number of halogens is 1. The lowest BCUT2D eigenvalue weighted by Gasteiger charge is -2.10. The molecule has 0 fully saturated rings. The summed E-state index contributed by atoms with van der Waals surface area (Å²) in [5.41, 5.74) is 8.74. The number of anilines is 1. The molecule has 5 heteroatoms. The van der Waals surface area contributed by atoms with Crippen molar-refractivity contribution in [2.75, 3.05) is 5.73 Å². The SMILES string of the molecule is CC(C)Oc1cccc(-c2nc3c(Br)cccn3c2N)c1. The van der Waals surface area contributed by atoms with Crippen molar-refractivity contribution in [1.29, 1.82) is 0 Å². The number of benzene rings is 1. The van der Waals surface area contributed by atoms with Gasteiger partial charge in [-0.25, -0.2) is 4.98 Å². The molecular formula is C16H16BrN3O. The molecule has 0 bridgehead atoms. The van der Waals surface area contributed by atoms with E-state index in [1.165, 1.54) is 0 Å². The second kappa shape index (κ2) is 5.41. The molecule has 0 saturated heterocycles. The lowest BCUT2D eigenvalue weighted by atomic mass is 10.1. The largest absolute Gasteiger partial charge is 0.491 e. The standard InChI is InChI=1S/C16H16BrN3O/c1-10(2)21-12-6-3-5-11(9-12)14-15(18)20-8-4-7-13(17)16(20)19-14/h3-10H,18H2,1-2H3. The van der Waals surface area contributed by atoms with E-state index in [0.717, 1.165) is 27.1 Å². The summed E-state index contributed by atoms with van der Waals surface area (Å²) < 4.78 is 8.51. The number of imidazole rings is 1. The van der Waals surface area contributed by atoms with Crippen molar-refractivity contribution in [2.45, 2.75) is 20.0 Å². The highest BCUT2D eigenvalue weighted by Gasteiger charge is 2.13. The van der Waals surface area contributed by atoms with Gasteiger partial charge in [0.1, 0.15) is 17.3 Å². The van der Waals surface area contributed by atoms with Crippen molar-refractivity contribution in [3.8, 4) is 17.0 Å². The van der Waals surface area contributed by atoms with Gasteiger partial charge in [0.15, 0.2) is 5.65 Å². The first-order valence-electron chi connectivity index (χ1n) is 6.75. The average molecular weight is 346 g/mol. The molecule has 3 aromatic rings. The molecule has 0 aliphatic carbocycles. The lowest BCUT2D eigenvalue weighted by molar-refractivity contribution is 0.242. The lowest BCUT2D eigenvalue weighted by Crippen LogP contribution is -2.05. The number of hydrogen-bond acceptors (Lipinski definition) is 3. The zero-order valence-corrected chi connectivity index (χ0v) is 13.5. The van der Waals surface area contributed by atoms with Gasteiger partial charge in [0.25, 0.3) is 0 Å². The number of nitrogen functional groups attached to an aromatic ring is 1. The number of fused-ring (bicyclic) bond motifs is 1. The van der Waals surface area contributed by atoms with E-state index in [0.29, 0.717) is 5.82 Å². The molecule has 2 heterocycles. The van der Waals surface area contributed by atoms with E-state index >= 15 is 0 Å². The van der Waals surface area contributed by atoms with Gasteiger partial charge in [-0.2, -0.15) is 0 Å². The van der Waals surface area contributed by atoms with Gasteiger partial charge < -0.3 is 10.5 Å². The molecule has 0 spiro atoms. The van der Waals surface area contributed by atoms with Crippen molar-refractivity contribution in [3.63, 3.8) is 0 Å². The molecule has 108 valence electrons. The van der Waals surface area contributed by atoms with Crippen LogP contribution in [0.25, 0.3) is 16.9 Å². The molecule has 1 aromatic carbocycles. The van der Waals surface area contributed by atoms with Crippen LogP contribution in [0, 0.1) is 0 Å². The molecule has 4 nitrogen and oxygen atoms in total. The van der Waals surface area contributed by atoms with Crippen LogP contribution in [-0.4, -0.2) is 15.5 Å². The number of rotatable bonds is 3. The minimum absolute atomic E-state index is 0.132. The smallest absolute Gasteiger partial charge is 0.153 e. The molecule has 0 aliphatic rings. The van der Waals surface area contributed by atoms with Crippen LogP contribution in [0.1, 0.15) is 13.8 Å². The first kappa shape index (κ1) is 13.9. The zero-order valence-electron chi connectivity index (χ0n) is 11.9. The summed E-state index contributed by atoms with van der Waals surface area (Å²) in [6, 6.07) is 11.7. The monoisotopic (exact) mass is 345 g/mol. The summed E-state index contributed by atoms with van der Waals surface area (Å²) in [4.78, 5) is 4.64. The van der Waals surface area contributed by atoms with E-state index in [1.54, 1.807) is 0 Å². The molecule has 0 radical (unpaired) electrons. The maximum absolute atomic E-state index is 6.23. The van der Waals surface area contributed by atoms with Gasteiger partial charge in [-0.15, -0.1) is 0 Å². The van der Waals surface area contributed by atoms with Crippen molar-refractivity contribution in [2.24, 2.45) is 0 Å². The summed E-state index contributed by atoms with van der Waals surface area (Å²) in [6.45, 7) is 4.01. The highest BCUT2D eigenvalue weighted by Crippen LogP contribution is 2.31. The van der Waals surface area contributed by atoms with Crippen molar-refractivity contribution < 1.29 is 4.74 Å². The molecule has 0 unspecified atom stereocenters. The fourth-order valence-electron chi connectivity index (χ4n) is 2.25. The van der Waals surface area contributed by atoms with Crippen LogP contribution >= 0.6 is 15.9 Å². The predicted molar refractivity (Wildman–Crippen MR) is 88.5 cm³/mol. The molecule has 0 amide bonds. The Labute approximate surface area is 131 Å². The van der Waals surface area contributed by atoms with Crippen LogP contribution in [0.3, 0.4) is 0 Å². The van der Waals surface area contributed by atoms with Gasteiger partial charge in [0.05, 0.1) is 10.6 Å². The Balaban J connectivity index is 2.12. The third-order valence-electron chi connectivity index (χ3n) is 3.12. The van der Waals surface area contributed by atoms with E-state index in [4.69, 9.17) is 10.5 Å². The highest BCUT2D eigenvalue weighted by atomic mass is 79.9. The van der Waals surface area contributed by atoms with Crippen LogP contribution in [-0.2, 0) is 0 Å². The second-order valence-electron chi connectivity index (χ2n) is 5.09. The summed E-state index contributed by atoms with van der Waals surface area (Å²) in [6.07, 6.45) is 2.04. The third-order valence-corrected chi connectivity index (χ3v) is 3.74. The summed E-state index contributed by atoms with van der Waals surface area (Å²) in [5, 5.41) is 0. The zero-order chi connectivity index (χ0) is 15.0. The quantitative estimate of drug-likeness (QED) is 0.776. The first-order chi connectivity index (χ1) is 10.1. The van der Waals surface area contributed by atoms with Gasteiger partial charge >= 0.3 is 0 Å². The third kappa shape index (κ3) is 2.61. The Kier molecular flexibility index (Phi) is 3.59. The van der Waals surface area contributed by atoms with Crippen LogP contribution in [0.15, 0.2) is 47.1 Å². The minimum atomic E-state index is 0.132. The van der Waals surface area contributed by atoms with E-state index in [1.807, 2.05) is 60.8 Å². The normalized spacial score (nSPS) is 11.2. The average Bonchev–Trinajstić information content (AvgIpc) is 2.78. The minimum Gasteiger partial charge on any atom is -0.491 e. The number of nitrogens with zero attached hydrogens (tertiary/aromatic N) is 2. The Morgan fingerprint density at radius 1 is 1.24 bits per heavy atom. The topological polar surface area (TPSA) is 52.5 Å². The molecule has 0 aliphatic heterocycles. The summed E-state index contributed by atoms with van der Waals surface area (Å²) in [5.74, 6) is 1.44. The molecule has 21 heavy (non-hydrogen) atoms. The molecule has 2 aromatic heterocycles. The van der Waals surface area contributed by atoms with Crippen LogP contribution in [0.5, 0.6) is 5.75 Å². The number of nitrogens with two attached hydrogens (primary N) is 1. The van der Waals surface area contributed by atoms with Gasteiger partial charge in [-0.3, -0.25) is 4.40 Å². The number of ether oxygens (including phenoxy) is 1. The number of aromatic nitrogens is 2. The fourth-order valence-corrected chi connectivity index (χ4v) is 2.69. The van der Waals surface area contributed by atoms with E-state index in [-0.39, 0.29) is 6.10 Å². The summed E-state index contributed by atoms with van der Waals surface area (Å²) >= 11 is 3.50. The van der Waals surface area contributed by atoms with Crippen LogP contribution in [0.2, 0.25) is 0 Å². The Bertz CT molecular complexity index is 795. The maximum atomic E-state index is 6.23. The van der Waals surface area contributed by atoms with E-state index in [9.17, 15) is 0 Å². The maximum Gasteiger partial charge on any atom is 0.153 e. The number of hydrogen-bond donors (Lipinski definition) is 1. The van der Waals surface area contributed by atoms with Gasteiger partial charge in [0, 0.05) is 11.8 Å². The first-order valence-corrected chi connectivity index (χ1v) is 7.54. The second-order valence-corrected chi connectivity index (χ2v) is 5.94. The predicted octanol–water partition coefficient (Wildman–Crippen LogP) is 4.13. The van der Waals surface area contributed by atoms with Crippen LogP contribution in [0.4, 0.5) is 5.82 Å². The van der Waals surface area contributed by atoms with Crippen molar-refractivity contribution in [3.05, 3.63) is 47.1 Å². The molecular weight excluding hydrogens is 330 g/mol. The molecule has 0 saturated carbocycles. The van der Waals surface area contributed by atoms with Gasteiger partial charge in [-0.1, -0.05) is 12.1 Å². The van der Waals surface area contributed by atoms with E-state index < -0.39 is 0 Å². The molecule has 2 N–H and O–H groups in total. The van der Waals surface area contributed by atoms with Gasteiger partial charge in [0.2, 0.25) is 0 Å². The number of pyridine rings is 1. The summed E-state index contributed by atoms with van der Waals surface area (Å²) in [7, 11) is 0. The van der Waals surface area contributed by atoms with E-state index in [2.05, 4.69) is 20.9 Å². The van der Waals surface area contributed by atoms with Crippen molar-refractivity contribution >= 4 is 27.4 Å². The fraction of sp³-hybridized carbons (Fsp3) is 0.188. The van der Waals surface area contributed by atoms with Gasteiger partial charge in [-0.05, 0) is 54.0 Å². The van der Waals surface area contributed by atoms with Crippen LogP contribution < -0.4 is 10.5 Å². The molecule has 0 atom stereocenters. The Hall–Kier alpha value is -2.01. The van der Waals surface area contributed by atoms with Crippen molar-refractivity contribution in [1.82, 2.24) is 9.38 Å².